The Labute approximate surface area is 112 Å². The van der Waals surface area contributed by atoms with Crippen LogP contribution in [0.1, 0.15) is 36.5 Å². The normalized spacial score (nSPS) is 11.8. The predicted octanol–water partition coefficient (Wildman–Crippen LogP) is 1.53. The zero-order valence-corrected chi connectivity index (χ0v) is 11.5. The van der Waals surface area contributed by atoms with Crippen LogP contribution < -0.4 is 5.32 Å². The van der Waals surface area contributed by atoms with Crippen molar-refractivity contribution in [3.8, 4) is 0 Å². The molecule has 5 nitrogen and oxygen atoms in total. The lowest BCUT2D eigenvalue weighted by atomic mass is 10.0. The summed E-state index contributed by atoms with van der Waals surface area (Å²) in [7, 11) is 0. The zero-order chi connectivity index (χ0) is 14.0. The smallest absolute Gasteiger partial charge is 0.271 e. The van der Waals surface area contributed by atoms with Gasteiger partial charge in [-0.2, -0.15) is 0 Å². The molecule has 0 aliphatic carbocycles. The largest absolute Gasteiger partial charge is 0.396 e. The summed E-state index contributed by atoms with van der Waals surface area (Å²) in [5, 5.41) is 11.8. The number of amides is 1. The van der Waals surface area contributed by atoms with Crippen molar-refractivity contribution in [2.24, 2.45) is 0 Å². The number of aliphatic hydroxyl groups is 1. The van der Waals surface area contributed by atoms with Crippen LogP contribution in [0.25, 0.3) is 5.65 Å². The van der Waals surface area contributed by atoms with E-state index in [0.29, 0.717) is 12.1 Å². The molecule has 1 amide bonds. The van der Waals surface area contributed by atoms with Crippen LogP contribution in [0, 0.1) is 6.92 Å². The van der Waals surface area contributed by atoms with Crippen molar-refractivity contribution < 1.29 is 9.90 Å². The van der Waals surface area contributed by atoms with Gasteiger partial charge in [0, 0.05) is 24.0 Å². The number of aryl methyl sites for hydroxylation is 1. The number of aliphatic hydroxyl groups excluding tert-OH is 1. The van der Waals surface area contributed by atoms with Crippen molar-refractivity contribution >= 4 is 11.6 Å². The molecule has 0 aliphatic rings. The first-order valence-corrected chi connectivity index (χ1v) is 6.31. The van der Waals surface area contributed by atoms with Gasteiger partial charge in [-0.15, -0.1) is 0 Å². The molecule has 0 radical (unpaired) electrons. The van der Waals surface area contributed by atoms with E-state index in [1.807, 2.05) is 43.4 Å². The summed E-state index contributed by atoms with van der Waals surface area (Å²) in [5.74, 6) is -0.221. The second kappa shape index (κ2) is 5.01. The van der Waals surface area contributed by atoms with Gasteiger partial charge in [-0.3, -0.25) is 4.79 Å². The molecule has 0 unspecified atom stereocenters. The maximum absolute atomic E-state index is 12.1. The molecule has 0 bridgehead atoms. The Balaban J connectivity index is 2.25. The maximum Gasteiger partial charge on any atom is 0.271 e. The standard InChI is InChI=1S/C14H19N3O2/c1-10-5-4-6-12-15-11(9-17(10)12)13(19)16-14(2,3)7-8-18/h4-6,9,18H,7-8H2,1-3H3,(H,16,19). The molecule has 0 aromatic carbocycles. The topological polar surface area (TPSA) is 66.6 Å². The van der Waals surface area contributed by atoms with Crippen molar-refractivity contribution in [1.29, 1.82) is 0 Å². The summed E-state index contributed by atoms with van der Waals surface area (Å²) >= 11 is 0. The molecule has 2 N–H and O–H groups in total. The first-order chi connectivity index (χ1) is 8.93. The second-order valence-corrected chi connectivity index (χ2v) is 5.33. The Morgan fingerprint density at radius 1 is 1.47 bits per heavy atom. The number of hydrogen-bond donors (Lipinski definition) is 2. The summed E-state index contributed by atoms with van der Waals surface area (Å²) in [6.07, 6.45) is 2.24. The number of carbonyl (C=O) groups is 1. The molecule has 2 aromatic heterocycles. The van der Waals surface area contributed by atoms with E-state index in [4.69, 9.17) is 5.11 Å². The average molecular weight is 261 g/mol. The third kappa shape index (κ3) is 2.93. The van der Waals surface area contributed by atoms with Gasteiger partial charge in [-0.25, -0.2) is 4.98 Å². The van der Waals surface area contributed by atoms with E-state index in [-0.39, 0.29) is 12.5 Å². The molecule has 0 atom stereocenters. The van der Waals surface area contributed by atoms with Gasteiger partial charge in [0.1, 0.15) is 11.3 Å². The van der Waals surface area contributed by atoms with E-state index in [1.54, 1.807) is 6.20 Å². The lowest BCUT2D eigenvalue weighted by Crippen LogP contribution is -2.44. The monoisotopic (exact) mass is 261 g/mol. The number of hydrogen-bond acceptors (Lipinski definition) is 3. The highest BCUT2D eigenvalue weighted by Gasteiger charge is 2.22. The molecule has 5 heteroatoms. The van der Waals surface area contributed by atoms with E-state index in [0.717, 1.165) is 11.3 Å². The number of nitrogens with zero attached hydrogens (tertiary/aromatic N) is 2. The number of carbonyl (C=O) groups excluding carboxylic acids is 1. The average Bonchev–Trinajstić information content (AvgIpc) is 2.73. The van der Waals surface area contributed by atoms with Crippen molar-refractivity contribution in [3.05, 3.63) is 35.8 Å². The van der Waals surface area contributed by atoms with E-state index < -0.39 is 5.54 Å². The fourth-order valence-corrected chi connectivity index (χ4v) is 1.97. The predicted molar refractivity (Wildman–Crippen MR) is 73.2 cm³/mol. The summed E-state index contributed by atoms with van der Waals surface area (Å²) in [4.78, 5) is 16.5. The molecule has 0 saturated heterocycles. The molecule has 2 rings (SSSR count). The van der Waals surface area contributed by atoms with Gasteiger partial charge < -0.3 is 14.8 Å². The molecule has 0 fully saturated rings. The second-order valence-electron chi connectivity index (χ2n) is 5.33. The molecule has 0 aliphatic heterocycles. The number of pyridine rings is 1. The fourth-order valence-electron chi connectivity index (χ4n) is 1.97. The van der Waals surface area contributed by atoms with Crippen LogP contribution in [0.2, 0.25) is 0 Å². The van der Waals surface area contributed by atoms with Crippen molar-refractivity contribution in [2.45, 2.75) is 32.7 Å². The first kappa shape index (κ1) is 13.5. The molecule has 102 valence electrons. The number of imidazole rings is 1. The summed E-state index contributed by atoms with van der Waals surface area (Å²) in [5.41, 5.74) is 1.72. The maximum atomic E-state index is 12.1. The Morgan fingerprint density at radius 3 is 2.84 bits per heavy atom. The summed E-state index contributed by atoms with van der Waals surface area (Å²) in [6, 6.07) is 5.74. The molecular formula is C14H19N3O2. The Morgan fingerprint density at radius 2 is 2.21 bits per heavy atom. The molecule has 19 heavy (non-hydrogen) atoms. The Kier molecular flexibility index (Phi) is 3.57. The summed E-state index contributed by atoms with van der Waals surface area (Å²) in [6.45, 7) is 5.76. The molecule has 2 aromatic rings. The number of nitrogens with one attached hydrogen (secondary N) is 1. The van der Waals surface area contributed by atoms with Crippen molar-refractivity contribution in [2.75, 3.05) is 6.61 Å². The van der Waals surface area contributed by atoms with Gasteiger partial charge in [0.15, 0.2) is 0 Å². The SMILES string of the molecule is Cc1cccc2nc(C(=O)NC(C)(C)CCO)cn12. The van der Waals surface area contributed by atoms with Gasteiger partial charge in [0.05, 0.1) is 0 Å². The highest BCUT2D eigenvalue weighted by atomic mass is 16.3. The van der Waals surface area contributed by atoms with Crippen LogP contribution in [0.5, 0.6) is 0 Å². The van der Waals surface area contributed by atoms with Gasteiger partial charge in [-0.05, 0) is 39.3 Å². The lowest BCUT2D eigenvalue weighted by molar-refractivity contribution is 0.0895. The van der Waals surface area contributed by atoms with E-state index in [2.05, 4.69) is 10.3 Å². The van der Waals surface area contributed by atoms with E-state index in [9.17, 15) is 4.79 Å². The van der Waals surface area contributed by atoms with Crippen molar-refractivity contribution in [1.82, 2.24) is 14.7 Å². The van der Waals surface area contributed by atoms with Gasteiger partial charge in [-0.1, -0.05) is 6.07 Å². The molecule has 0 saturated carbocycles. The highest BCUT2D eigenvalue weighted by Crippen LogP contribution is 2.11. The molecule has 0 spiro atoms. The van der Waals surface area contributed by atoms with Crippen LogP contribution in [-0.4, -0.2) is 32.5 Å². The number of rotatable bonds is 4. The van der Waals surface area contributed by atoms with E-state index in [1.165, 1.54) is 0 Å². The third-order valence-corrected chi connectivity index (χ3v) is 3.12. The highest BCUT2D eigenvalue weighted by molar-refractivity contribution is 5.93. The number of fused-ring (bicyclic) bond motifs is 1. The lowest BCUT2D eigenvalue weighted by Gasteiger charge is -2.24. The molecular weight excluding hydrogens is 242 g/mol. The molecule has 2 heterocycles. The Bertz CT molecular complexity index is 602. The van der Waals surface area contributed by atoms with Crippen LogP contribution in [0.3, 0.4) is 0 Å². The van der Waals surface area contributed by atoms with Gasteiger partial charge >= 0.3 is 0 Å². The van der Waals surface area contributed by atoms with Crippen LogP contribution >= 0.6 is 0 Å². The Hall–Kier alpha value is -1.88. The third-order valence-electron chi connectivity index (χ3n) is 3.12. The van der Waals surface area contributed by atoms with Gasteiger partial charge in [0.25, 0.3) is 5.91 Å². The minimum absolute atomic E-state index is 0.0392. The van der Waals surface area contributed by atoms with Crippen molar-refractivity contribution in [3.63, 3.8) is 0 Å². The van der Waals surface area contributed by atoms with Crippen LogP contribution in [0.4, 0.5) is 0 Å². The zero-order valence-electron chi connectivity index (χ0n) is 11.5. The fraction of sp³-hybridized carbons (Fsp3) is 0.429. The minimum atomic E-state index is -0.448. The van der Waals surface area contributed by atoms with Crippen LogP contribution in [0.15, 0.2) is 24.4 Å². The number of aromatic nitrogens is 2. The summed E-state index contributed by atoms with van der Waals surface area (Å²) < 4.78 is 1.88. The van der Waals surface area contributed by atoms with Crippen LogP contribution in [-0.2, 0) is 0 Å². The minimum Gasteiger partial charge on any atom is -0.396 e. The quantitative estimate of drug-likeness (QED) is 0.877. The van der Waals surface area contributed by atoms with E-state index >= 15 is 0 Å². The first-order valence-electron chi connectivity index (χ1n) is 6.31. The van der Waals surface area contributed by atoms with Gasteiger partial charge in [0.2, 0.25) is 0 Å².